The third kappa shape index (κ3) is 3.28. The van der Waals surface area contributed by atoms with Gasteiger partial charge < -0.3 is 24.4 Å². The number of nitrogens with zero attached hydrogens (tertiary/aromatic N) is 1. The molecule has 0 saturated heterocycles. The van der Waals surface area contributed by atoms with Crippen LogP contribution in [-0.4, -0.2) is 42.5 Å². The van der Waals surface area contributed by atoms with Crippen LogP contribution in [0.5, 0.6) is 17.2 Å². The molecule has 0 aliphatic rings. The van der Waals surface area contributed by atoms with Gasteiger partial charge in [0.05, 0.1) is 27.0 Å². The second-order valence-corrected chi connectivity index (χ2v) is 6.69. The van der Waals surface area contributed by atoms with Gasteiger partial charge >= 0.3 is 5.97 Å². The summed E-state index contributed by atoms with van der Waals surface area (Å²) in [7, 11) is 4.27. The maximum absolute atomic E-state index is 12.1. The fraction of sp³-hybridized carbons (Fsp3) is 0.200. The number of aliphatic carboxylic acids is 1. The smallest absolute Gasteiger partial charge is 0.346 e. The van der Waals surface area contributed by atoms with Crippen LogP contribution in [0.1, 0.15) is 11.3 Å². The van der Waals surface area contributed by atoms with Crippen LogP contribution in [0, 0.1) is 0 Å². The van der Waals surface area contributed by atoms with Gasteiger partial charge in [-0.2, -0.15) is 0 Å². The molecule has 0 bridgehead atoms. The van der Waals surface area contributed by atoms with Gasteiger partial charge in [-0.1, -0.05) is 30.3 Å². The summed E-state index contributed by atoms with van der Waals surface area (Å²) in [5.74, 6) is -0.707. The normalized spacial score (nSPS) is 12.9. The number of benzene rings is 2. The molecule has 1 aromatic heterocycles. The Morgan fingerprint density at radius 3 is 2.14 bits per heavy atom. The molecule has 1 atom stereocenters. The number of aromatic nitrogens is 1. The fourth-order valence-electron chi connectivity index (χ4n) is 2.82. The summed E-state index contributed by atoms with van der Waals surface area (Å²) >= 11 is 1.25. The second-order valence-electron chi connectivity index (χ2n) is 5.83. The van der Waals surface area contributed by atoms with Crippen molar-refractivity contribution in [3.8, 4) is 27.8 Å². The second kappa shape index (κ2) is 7.87. The van der Waals surface area contributed by atoms with Gasteiger partial charge in [-0.3, -0.25) is 0 Å². The third-order valence-electron chi connectivity index (χ3n) is 4.29. The molecule has 0 amide bonds. The molecule has 0 radical (unpaired) electrons. The number of hydrogen-bond donors (Lipinski definition) is 2. The number of rotatable bonds is 7. The van der Waals surface area contributed by atoms with E-state index in [1.165, 1.54) is 50.2 Å². The zero-order valence-corrected chi connectivity index (χ0v) is 16.3. The van der Waals surface area contributed by atoms with Crippen molar-refractivity contribution >= 4 is 17.3 Å². The summed E-state index contributed by atoms with van der Waals surface area (Å²) in [5.41, 5.74) is -1.52. The van der Waals surface area contributed by atoms with E-state index in [0.717, 1.165) is 5.56 Å². The number of methoxy groups -OCH3 is 3. The predicted molar refractivity (Wildman–Crippen MR) is 104 cm³/mol. The quantitative estimate of drug-likeness (QED) is 0.627. The molecule has 1 heterocycles. The lowest BCUT2D eigenvalue weighted by atomic mass is 9.90. The highest BCUT2D eigenvalue weighted by Gasteiger charge is 2.44. The molecule has 0 fully saturated rings. The number of carboxylic acid groups (broad SMARTS) is 1. The van der Waals surface area contributed by atoms with Crippen molar-refractivity contribution in [3.05, 3.63) is 59.1 Å². The average Bonchev–Trinajstić information content (AvgIpc) is 3.23. The maximum Gasteiger partial charge on any atom is 0.346 e. The number of ether oxygens (including phenoxy) is 3. The van der Waals surface area contributed by atoms with E-state index in [0.29, 0.717) is 10.8 Å². The molecule has 28 heavy (non-hydrogen) atoms. The first kappa shape index (κ1) is 19.7. The van der Waals surface area contributed by atoms with Gasteiger partial charge in [0.15, 0.2) is 11.5 Å². The first-order valence-electron chi connectivity index (χ1n) is 8.23. The Balaban J connectivity index is 2.16. The zero-order valence-electron chi connectivity index (χ0n) is 15.5. The van der Waals surface area contributed by atoms with E-state index in [9.17, 15) is 15.0 Å². The third-order valence-corrected chi connectivity index (χ3v) is 5.18. The lowest BCUT2D eigenvalue weighted by Gasteiger charge is -2.24. The number of carbonyl (C=O) groups is 1. The number of carboxylic acids is 1. The highest BCUT2D eigenvalue weighted by molar-refractivity contribution is 7.13. The molecule has 0 saturated carbocycles. The Kier molecular flexibility index (Phi) is 5.53. The van der Waals surface area contributed by atoms with Crippen LogP contribution < -0.4 is 14.2 Å². The molecular weight excluding hydrogens is 382 g/mol. The van der Waals surface area contributed by atoms with E-state index >= 15 is 0 Å². The average molecular weight is 401 g/mol. The molecule has 3 aromatic rings. The lowest BCUT2D eigenvalue weighted by molar-refractivity contribution is -0.155. The number of hydrogen-bond acceptors (Lipinski definition) is 7. The van der Waals surface area contributed by atoms with Crippen LogP contribution in [0.15, 0.2) is 47.8 Å². The topological polar surface area (TPSA) is 98.1 Å². The zero-order chi connectivity index (χ0) is 20.3. The summed E-state index contributed by atoms with van der Waals surface area (Å²) < 4.78 is 15.8. The van der Waals surface area contributed by atoms with Crippen molar-refractivity contribution in [2.75, 3.05) is 21.3 Å². The van der Waals surface area contributed by atoms with Crippen molar-refractivity contribution in [3.63, 3.8) is 0 Å². The lowest BCUT2D eigenvalue weighted by Crippen LogP contribution is -2.37. The van der Waals surface area contributed by atoms with Gasteiger partial charge in [0.1, 0.15) is 5.01 Å². The highest BCUT2D eigenvalue weighted by Crippen LogP contribution is 2.43. The first-order valence-corrected chi connectivity index (χ1v) is 9.11. The van der Waals surface area contributed by atoms with E-state index in [4.69, 9.17) is 14.2 Å². The standard InChI is InChI=1S/C20H19NO6S/c1-25-14-9-13(10-15(26-2)17(14)27-3)20(24,19(22)23)16-11-28-18(21-16)12-7-5-4-6-8-12/h4-11,24H,1-3H3,(H,22,23). The van der Waals surface area contributed by atoms with Crippen LogP contribution in [0.2, 0.25) is 0 Å². The van der Waals surface area contributed by atoms with Gasteiger partial charge in [0.25, 0.3) is 0 Å². The minimum Gasteiger partial charge on any atom is -0.493 e. The molecule has 8 heteroatoms. The predicted octanol–water partition coefficient (Wildman–Crippen LogP) is 3.16. The first-order chi connectivity index (χ1) is 13.4. The van der Waals surface area contributed by atoms with Crippen LogP contribution in [-0.2, 0) is 10.4 Å². The van der Waals surface area contributed by atoms with E-state index in [1.807, 2.05) is 30.3 Å². The van der Waals surface area contributed by atoms with Crippen LogP contribution in [0.4, 0.5) is 0 Å². The number of thiazole rings is 1. The van der Waals surface area contributed by atoms with E-state index in [1.54, 1.807) is 0 Å². The summed E-state index contributed by atoms with van der Waals surface area (Å²) in [4.78, 5) is 16.5. The Morgan fingerprint density at radius 1 is 1.04 bits per heavy atom. The van der Waals surface area contributed by atoms with E-state index < -0.39 is 11.6 Å². The van der Waals surface area contributed by atoms with Gasteiger partial charge in [-0.25, -0.2) is 9.78 Å². The summed E-state index contributed by atoms with van der Waals surface area (Å²) in [6.07, 6.45) is 0. The highest BCUT2D eigenvalue weighted by atomic mass is 32.1. The largest absolute Gasteiger partial charge is 0.493 e. The van der Waals surface area contributed by atoms with Crippen molar-refractivity contribution in [1.82, 2.24) is 4.98 Å². The molecule has 1 unspecified atom stereocenters. The fourth-order valence-corrected chi connectivity index (χ4v) is 3.69. The van der Waals surface area contributed by atoms with Crippen LogP contribution in [0.3, 0.4) is 0 Å². The minimum absolute atomic E-state index is 0.00174. The van der Waals surface area contributed by atoms with E-state index in [2.05, 4.69) is 4.98 Å². The molecule has 2 aromatic carbocycles. The number of aliphatic hydroxyl groups is 1. The summed E-state index contributed by atoms with van der Waals surface area (Å²) in [5, 5.41) is 23.2. The summed E-state index contributed by atoms with van der Waals surface area (Å²) in [6, 6.07) is 12.1. The van der Waals surface area contributed by atoms with Gasteiger partial charge in [0.2, 0.25) is 11.4 Å². The summed E-state index contributed by atoms with van der Waals surface area (Å²) in [6.45, 7) is 0. The molecule has 3 rings (SSSR count). The van der Waals surface area contributed by atoms with Crippen molar-refractivity contribution < 1.29 is 29.2 Å². The molecule has 0 aliphatic carbocycles. The molecule has 0 spiro atoms. The molecule has 0 aliphatic heterocycles. The van der Waals surface area contributed by atoms with Gasteiger partial charge in [0, 0.05) is 16.5 Å². The Hall–Kier alpha value is -3.10. The SMILES string of the molecule is COc1cc(C(O)(C(=O)O)c2csc(-c3ccccc3)n2)cc(OC)c1OC. The van der Waals surface area contributed by atoms with E-state index in [-0.39, 0.29) is 22.8 Å². The van der Waals surface area contributed by atoms with Gasteiger partial charge in [-0.05, 0) is 12.1 Å². The molecule has 7 nitrogen and oxygen atoms in total. The van der Waals surface area contributed by atoms with Gasteiger partial charge in [-0.15, -0.1) is 11.3 Å². The van der Waals surface area contributed by atoms with Crippen molar-refractivity contribution in [1.29, 1.82) is 0 Å². The monoisotopic (exact) mass is 401 g/mol. The minimum atomic E-state index is -2.39. The molecule has 2 N–H and O–H groups in total. The maximum atomic E-state index is 12.1. The van der Waals surface area contributed by atoms with Crippen molar-refractivity contribution in [2.45, 2.75) is 5.60 Å². The Morgan fingerprint density at radius 2 is 1.64 bits per heavy atom. The molecule has 146 valence electrons. The van der Waals surface area contributed by atoms with Crippen LogP contribution in [0.25, 0.3) is 10.6 Å². The van der Waals surface area contributed by atoms with Crippen molar-refractivity contribution in [2.24, 2.45) is 0 Å². The Bertz CT molecular complexity index is 962. The van der Waals surface area contributed by atoms with Crippen LogP contribution >= 0.6 is 11.3 Å². The Labute approximate surface area is 165 Å². The molecular formula is C20H19NO6S.